The summed E-state index contributed by atoms with van der Waals surface area (Å²) in [6, 6.07) is 5.77. The van der Waals surface area contributed by atoms with Gasteiger partial charge in [0.25, 0.3) is 0 Å². The van der Waals surface area contributed by atoms with Gasteiger partial charge in [0.2, 0.25) is 5.89 Å². The third-order valence-electron chi connectivity index (χ3n) is 1.85. The average Bonchev–Trinajstić information content (AvgIpc) is 2.62. The van der Waals surface area contributed by atoms with Crippen LogP contribution in [-0.4, -0.2) is 4.98 Å². The zero-order chi connectivity index (χ0) is 9.26. The molecule has 0 bridgehead atoms. The molecule has 0 amide bonds. The van der Waals surface area contributed by atoms with Crippen molar-refractivity contribution in [2.45, 2.75) is 6.92 Å². The molecule has 0 N–H and O–H groups in total. The number of rotatable bonds is 1. The summed E-state index contributed by atoms with van der Waals surface area (Å²) in [4.78, 5) is 4.04. The van der Waals surface area contributed by atoms with E-state index in [-0.39, 0.29) is 0 Å². The molecule has 3 heteroatoms. The molecule has 0 saturated carbocycles. The molecule has 0 atom stereocenters. The maximum absolute atomic E-state index is 6.08. The fourth-order valence-corrected chi connectivity index (χ4v) is 1.38. The molecule has 0 aliphatic rings. The van der Waals surface area contributed by atoms with Crippen LogP contribution in [0, 0.1) is 6.92 Å². The summed E-state index contributed by atoms with van der Waals surface area (Å²) >= 11 is 6.08. The van der Waals surface area contributed by atoms with Crippen LogP contribution in [0.4, 0.5) is 0 Å². The normalized spacial score (nSPS) is 10.3. The van der Waals surface area contributed by atoms with Crippen LogP contribution < -0.4 is 0 Å². The maximum Gasteiger partial charge on any atom is 0.227 e. The minimum absolute atomic E-state index is 0.564. The van der Waals surface area contributed by atoms with Crippen LogP contribution >= 0.6 is 11.6 Å². The fourth-order valence-electron chi connectivity index (χ4n) is 1.17. The largest absolute Gasteiger partial charge is 0.444 e. The highest BCUT2D eigenvalue weighted by Crippen LogP contribution is 2.28. The minimum atomic E-state index is 0.564. The van der Waals surface area contributed by atoms with Crippen LogP contribution in [0.5, 0.6) is 0 Å². The zero-order valence-corrected chi connectivity index (χ0v) is 7.88. The number of hydrogen-bond acceptors (Lipinski definition) is 2. The topological polar surface area (TPSA) is 26.0 Å². The Morgan fingerprint density at radius 2 is 2.23 bits per heavy atom. The van der Waals surface area contributed by atoms with Gasteiger partial charge in [0.1, 0.15) is 6.26 Å². The summed E-state index contributed by atoms with van der Waals surface area (Å²) in [6.45, 7) is 1.95. The first-order valence-corrected chi connectivity index (χ1v) is 4.32. The van der Waals surface area contributed by atoms with Crippen molar-refractivity contribution >= 4 is 11.6 Å². The van der Waals surface area contributed by atoms with E-state index < -0.39 is 0 Å². The van der Waals surface area contributed by atoms with Gasteiger partial charge in [0.15, 0.2) is 0 Å². The van der Waals surface area contributed by atoms with Crippen LogP contribution in [0.3, 0.4) is 0 Å². The lowest BCUT2D eigenvalue weighted by Crippen LogP contribution is -1.81. The second-order valence-electron chi connectivity index (χ2n) is 2.77. The average molecular weight is 194 g/mol. The lowest BCUT2D eigenvalue weighted by molar-refractivity contribution is 0.574. The molecule has 1 heterocycles. The number of nitrogens with zero attached hydrogens (tertiary/aromatic N) is 1. The summed E-state index contributed by atoms with van der Waals surface area (Å²) in [5.74, 6) is 0.564. The molecule has 0 radical (unpaired) electrons. The van der Waals surface area contributed by atoms with Crippen molar-refractivity contribution in [1.82, 2.24) is 4.98 Å². The van der Waals surface area contributed by atoms with Gasteiger partial charge in [-0.25, -0.2) is 4.98 Å². The van der Waals surface area contributed by atoms with E-state index in [4.69, 9.17) is 16.0 Å². The Balaban J connectivity index is 2.59. The van der Waals surface area contributed by atoms with Crippen molar-refractivity contribution in [3.05, 3.63) is 41.2 Å². The first-order valence-electron chi connectivity index (χ1n) is 3.94. The highest BCUT2D eigenvalue weighted by atomic mass is 35.5. The van der Waals surface area contributed by atoms with Crippen LogP contribution in [0.15, 0.2) is 35.1 Å². The number of oxazole rings is 1. The van der Waals surface area contributed by atoms with Gasteiger partial charge in [-0.15, -0.1) is 0 Å². The van der Waals surface area contributed by atoms with Gasteiger partial charge in [-0.3, -0.25) is 0 Å². The minimum Gasteiger partial charge on any atom is -0.444 e. The van der Waals surface area contributed by atoms with Gasteiger partial charge < -0.3 is 4.42 Å². The summed E-state index contributed by atoms with van der Waals surface area (Å²) in [5.41, 5.74) is 1.86. The van der Waals surface area contributed by atoms with Crippen molar-refractivity contribution in [3.8, 4) is 11.5 Å². The van der Waals surface area contributed by atoms with E-state index in [1.165, 1.54) is 6.26 Å². The zero-order valence-electron chi connectivity index (χ0n) is 7.12. The Hall–Kier alpha value is -1.28. The number of halogens is 1. The predicted octanol–water partition coefficient (Wildman–Crippen LogP) is 3.30. The van der Waals surface area contributed by atoms with E-state index in [0.717, 1.165) is 11.1 Å². The molecule has 1 aromatic carbocycles. The van der Waals surface area contributed by atoms with Crippen LogP contribution in [0.1, 0.15) is 5.56 Å². The van der Waals surface area contributed by atoms with Crippen LogP contribution in [-0.2, 0) is 0 Å². The van der Waals surface area contributed by atoms with Crippen molar-refractivity contribution in [2.24, 2.45) is 0 Å². The lowest BCUT2D eigenvalue weighted by atomic mass is 10.1. The van der Waals surface area contributed by atoms with Gasteiger partial charge in [-0.2, -0.15) is 0 Å². The Labute approximate surface area is 81.2 Å². The molecule has 0 aliphatic carbocycles. The molecule has 0 spiro atoms. The molecule has 2 rings (SSSR count). The molecule has 0 saturated heterocycles. The molecule has 0 aliphatic heterocycles. The Bertz CT molecular complexity index is 409. The van der Waals surface area contributed by atoms with Gasteiger partial charge in [-0.1, -0.05) is 23.7 Å². The van der Waals surface area contributed by atoms with E-state index >= 15 is 0 Å². The summed E-state index contributed by atoms with van der Waals surface area (Å²) < 4.78 is 5.16. The molecule has 1 aromatic heterocycles. The maximum atomic E-state index is 6.08. The molecule has 13 heavy (non-hydrogen) atoms. The van der Waals surface area contributed by atoms with Crippen molar-refractivity contribution < 1.29 is 4.42 Å². The van der Waals surface area contributed by atoms with Crippen LogP contribution in [0.2, 0.25) is 5.02 Å². The third-order valence-corrected chi connectivity index (χ3v) is 2.36. The van der Waals surface area contributed by atoms with Gasteiger partial charge in [0.05, 0.1) is 16.8 Å². The third kappa shape index (κ3) is 1.45. The summed E-state index contributed by atoms with van der Waals surface area (Å²) in [7, 11) is 0. The second-order valence-corrected chi connectivity index (χ2v) is 3.15. The first-order chi connectivity index (χ1) is 6.29. The smallest absolute Gasteiger partial charge is 0.227 e. The summed E-state index contributed by atoms with van der Waals surface area (Å²) in [6.07, 6.45) is 3.14. The molecule has 66 valence electrons. The van der Waals surface area contributed by atoms with E-state index in [1.54, 1.807) is 6.20 Å². The van der Waals surface area contributed by atoms with Gasteiger partial charge in [0, 0.05) is 0 Å². The van der Waals surface area contributed by atoms with Crippen molar-refractivity contribution in [1.29, 1.82) is 0 Å². The molecule has 0 fully saturated rings. The number of benzene rings is 1. The van der Waals surface area contributed by atoms with Crippen LogP contribution in [0.25, 0.3) is 11.5 Å². The van der Waals surface area contributed by atoms with Gasteiger partial charge >= 0.3 is 0 Å². The molecular weight excluding hydrogens is 186 g/mol. The van der Waals surface area contributed by atoms with Crippen molar-refractivity contribution in [3.63, 3.8) is 0 Å². The number of aromatic nitrogens is 1. The first kappa shape index (κ1) is 8.32. The Kier molecular flexibility index (Phi) is 2.07. The fraction of sp³-hybridized carbons (Fsp3) is 0.100. The van der Waals surface area contributed by atoms with Gasteiger partial charge in [-0.05, 0) is 18.6 Å². The molecule has 0 unspecified atom stereocenters. The SMILES string of the molecule is Cc1cccc(-c2ncco2)c1Cl. The van der Waals surface area contributed by atoms with E-state index in [9.17, 15) is 0 Å². The van der Waals surface area contributed by atoms with E-state index in [0.29, 0.717) is 10.9 Å². The highest BCUT2D eigenvalue weighted by molar-refractivity contribution is 6.33. The van der Waals surface area contributed by atoms with E-state index in [1.807, 2.05) is 25.1 Å². The lowest BCUT2D eigenvalue weighted by Gasteiger charge is -2.01. The number of aryl methyl sites for hydroxylation is 1. The van der Waals surface area contributed by atoms with E-state index in [2.05, 4.69) is 4.98 Å². The standard InChI is InChI=1S/C10H8ClNO/c1-7-3-2-4-8(9(7)11)10-12-5-6-13-10/h2-6H,1H3. The Morgan fingerprint density at radius 3 is 2.92 bits per heavy atom. The number of hydrogen-bond donors (Lipinski definition) is 0. The summed E-state index contributed by atoms with van der Waals surface area (Å²) in [5, 5.41) is 0.699. The molecule has 2 nitrogen and oxygen atoms in total. The predicted molar refractivity (Wildman–Crippen MR) is 51.7 cm³/mol. The Morgan fingerprint density at radius 1 is 1.38 bits per heavy atom. The molecular formula is C10H8ClNO. The van der Waals surface area contributed by atoms with Crippen molar-refractivity contribution in [2.75, 3.05) is 0 Å². The highest BCUT2D eigenvalue weighted by Gasteiger charge is 2.08. The molecule has 2 aromatic rings. The monoisotopic (exact) mass is 193 g/mol. The second kappa shape index (κ2) is 3.23. The quantitative estimate of drug-likeness (QED) is 0.695.